The first-order chi connectivity index (χ1) is 27.2. The lowest BCUT2D eigenvalue weighted by Gasteiger charge is -2.42. The fraction of sp³-hybridized carbons (Fsp3) is 0.574. The van der Waals surface area contributed by atoms with Crippen LogP contribution < -0.4 is 18.9 Å². The Labute approximate surface area is 336 Å². The zero-order valence-electron chi connectivity index (χ0n) is 34.7. The van der Waals surface area contributed by atoms with Crippen LogP contribution in [0.25, 0.3) is 0 Å². The summed E-state index contributed by atoms with van der Waals surface area (Å²) in [6.07, 6.45) is 2.39. The molecule has 0 radical (unpaired) electrons. The first-order valence-corrected chi connectivity index (χ1v) is 20.9. The molecule has 0 bridgehead atoms. The van der Waals surface area contributed by atoms with Gasteiger partial charge in [-0.2, -0.15) is 10.5 Å². The molecule has 3 aromatic rings. The summed E-state index contributed by atoms with van der Waals surface area (Å²) < 4.78 is 39.6. The van der Waals surface area contributed by atoms with Crippen molar-refractivity contribution in [3.05, 3.63) is 67.8 Å². The summed E-state index contributed by atoms with van der Waals surface area (Å²) in [6.45, 7) is 25.4. The van der Waals surface area contributed by atoms with Gasteiger partial charge in [0.05, 0.1) is 26.4 Å². The number of rotatable bonds is 4. The molecular weight excluding hydrogens is 717 g/mol. The molecule has 3 aliphatic carbocycles. The lowest BCUT2D eigenvalue weighted by atomic mass is 9.70. The molecule has 4 aliphatic heterocycles. The van der Waals surface area contributed by atoms with E-state index in [1.54, 1.807) is 0 Å². The zero-order valence-corrected chi connectivity index (χ0v) is 34.7. The smallest absolute Gasteiger partial charge is 0.189 e. The van der Waals surface area contributed by atoms with E-state index >= 15 is 0 Å². The van der Waals surface area contributed by atoms with Gasteiger partial charge in [-0.3, -0.25) is 9.80 Å². The van der Waals surface area contributed by atoms with Crippen molar-refractivity contribution in [2.45, 2.75) is 122 Å². The van der Waals surface area contributed by atoms with Crippen molar-refractivity contribution in [1.29, 1.82) is 10.5 Å². The molecule has 3 aromatic carbocycles. The van der Waals surface area contributed by atoms with Gasteiger partial charge in [0.25, 0.3) is 0 Å². The summed E-state index contributed by atoms with van der Waals surface area (Å²) in [7, 11) is 0. The number of nitriles is 2. The molecule has 0 N–H and O–H groups in total. The Kier molecular flexibility index (Phi) is 8.17. The van der Waals surface area contributed by atoms with E-state index in [1.807, 2.05) is 0 Å². The lowest BCUT2D eigenvalue weighted by Crippen LogP contribution is -2.47. The summed E-state index contributed by atoms with van der Waals surface area (Å²) in [4.78, 5) is 4.97. The van der Waals surface area contributed by atoms with Crippen molar-refractivity contribution < 1.29 is 28.4 Å². The van der Waals surface area contributed by atoms with Crippen LogP contribution in [-0.4, -0.2) is 74.1 Å². The predicted octanol–water partition coefficient (Wildman–Crippen LogP) is 8.24. The van der Waals surface area contributed by atoms with E-state index in [9.17, 15) is 10.5 Å². The van der Waals surface area contributed by atoms with Crippen molar-refractivity contribution in [2.75, 3.05) is 52.6 Å². The molecule has 0 amide bonds. The van der Waals surface area contributed by atoms with Gasteiger partial charge in [-0.1, -0.05) is 34.6 Å². The quantitative estimate of drug-likeness (QED) is 0.201. The second-order valence-corrected chi connectivity index (χ2v) is 19.5. The second kappa shape index (κ2) is 12.6. The molecule has 0 saturated carbocycles. The van der Waals surface area contributed by atoms with Crippen molar-refractivity contribution in [3.8, 4) is 46.6 Å². The fourth-order valence-electron chi connectivity index (χ4n) is 11.6. The molecule has 3 unspecified atom stereocenters. The minimum atomic E-state index is -0.481. The Morgan fingerprint density at radius 1 is 0.684 bits per heavy atom. The van der Waals surface area contributed by atoms with E-state index in [1.165, 1.54) is 27.8 Å². The summed E-state index contributed by atoms with van der Waals surface area (Å²) in [5, 5.41) is 21.1. The molecule has 4 heterocycles. The van der Waals surface area contributed by atoms with Crippen LogP contribution in [0.2, 0.25) is 0 Å². The Hall–Kier alpha value is -4.32. The fourth-order valence-corrected chi connectivity index (χ4v) is 11.6. The number of hydrogen-bond acceptors (Lipinski definition) is 10. The highest BCUT2D eigenvalue weighted by molar-refractivity contribution is 5.77. The summed E-state index contributed by atoms with van der Waals surface area (Å²) in [5.41, 5.74) is 9.04. The largest absolute Gasteiger partial charge is 0.482 e. The lowest BCUT2D eigenvalue weighted by molar-refractivity contribution is -0.0343. The van der Waals surface area contributed by atoms with Gasteiger partial charge >= 0.3 is 0 Å². The average molecular weight is 771 g/mol. The van der Waals surface area contributed by atoms with Gasteiger partial charge in [-0.15, -0.1) is 0 Å². The van der Waals surface area contributed by atoms with Crippen LogP contribution in [0.4, 0.5) is 0 Å². The number of benzene rings is 3. The van der Waals surface area contributed by atoms with E-state index in [0.29, 0.717) is 67.1 Å². The van der Waals surface area contributed by atoms with Crippen LogP contribution >= 0.6 is 0 Å². The normalized spacial score (nSPS) is 27.1. The predicted molar refractivity (Wildman–Crippen MR) is 214 cm³/mol. The Bertz CT molecular complexity index is 2320. The van der Waals surface area contributed by atoms with Crippen molar-refractivity contribution >= 4 is 0 Å². The van der Waals surface area contributed by atoms with Gasteiger partial charge in [0.15, 0.2) is 34.5 Å². The molecule has 57 heavy (non-hydrogen) atoms. The maximum Gasteiger partial charge on any atom is 0.189 e. The van der Waals surface area contributed by atoms with Gasteiger partial charge in [0.1, 0.15) is 35.0 Å². The Morgan fingerprint density at radius 2 is 1.21 bits per heavy atom. The summed E-state index contributed by atoms with van der Waals surface area (Å²) in [5.74, 6) is 3.90. The van der Waals surface area contributed by atoms with Gasteiger partial charge < -0.3 is 28.4 Å². The Morgan fingerprint density at radius 3 is 1.75 bits per heavy atom. The van der Waals surface area contributed by atoms with Gasteiger partial charge in [-0.05, 0) is 102 Å². The highest BCUT2D eigenvalue weighted by atomic mass is 16.6. The third kappa shape index (κ3) is 5.33. The van der Waals surface area contributed by atoms with Crippen LogP contribution in [0.5, 0.6) is 34.5 Å². The average Bonchev–Trinajstić information content (AvgIpc) is 3.53. The number of hydrogen-bond donors (Lipinski definition) is 0. The Balaban J connectivity index is 1.24. The van der Waals surface area contributed by atoms with Crippen molar-refractivity contribution in [1.82, 2.24) is 9.80 Å². The molecular formula is C47H54N4O6. The van der Waals surface area contributed by atoms with Gasteiger partial charge in [-0.25, -0.2) is 0 Å². The highest BCUT2D eigenvalue weighted by Gasteiger charge is 2.60. The van der Waals surface area contributed by atoms with Crippen LogP contribution in [0, 0.1) is 22.7 Å². The van der Waals surface area contributed by atoms with Crippen molar-refractivity contribution in [3.63, 3.8) is 0 Å². The topological polar surface area (TPSA) is 109 Å². The molecule has 3 atom stereocenters. The van der Waals surface area contributed by atoms with E-state index in [-0.39, 0.29) is 28.3 Å². The first-order valence-electron chi connectivity index (χ1n) is 20.9. The van der Waals surface area contributed by atoms with Crippen LogP contribution in [-0.2, 0) is 45.2 Å². The number of fused-ring (bicyclic) bond motifs is 8. The number of nitrogens with zero attached hydrogens (tertiary/aromatic N) is 4. The minimum Gasteiger partial charge on any atom is -0.482 e. The maximum atomic E-state index is 10.6. The molecule has 2 fully saturated rings. The molecule has 10 rings (SSSR count). The molecule has 298 valence electrons. The van der Waals surface area contributed by atoms with Crippen LogP contribution in [0.15, 0.2) is 12.1 Å². The highest BCUT2D eigenvalue weighted by Crippen LogP contribution is 2.69. The second-order valence-electron chi connectivity index (χ2n) is 19.5. The van der Waals surface area contributed by atoms with Gasteiger partial charge in [0, 0.05) is 55.8 Å². The molecule has 7 aliphatic rings. The van der Waals surface area contributed by atoms with Crippen molar-refractivity contribution in [2.24, 2.45) is 0 Å². The molecule has 2 saturated heterocycles. The third-order valence-electron chi connectivity index (χ3n) is 14.4. The zero-order chi connectivity index (χ0) is 39.8. The number of morpholine rings is 2. The van der Waals surface area contributed by atoms with E-state index < -0.39 is 5.60 Å². The van der Waals surface area contributed by atoms with Gasteiger partial charge in [0.2, 0.25) is 0 Å². The summed E-state index contributed by atoms with van der Waals surface area (Å²) in [6, 6.07) is 9.41. The van der Waals surface area contributed by atoms with E-state index in [4.69, 9.17) is 28.4 Å². The third-order valence-corrected chi connectivity index (χ3v) is 14.4. The van der Waals surface area contributed by atoms with E-state index in [2.05, 4.69) is 89.5 Å². The first kappa shape index (κ1) is 37.0. The molecule has 1 spiro atoms. The monoisotopic (exact) mass is 770 g/mol. The summed E-state index contributed by atoms with van der Waals surface area (Å²) >= 11 is 0. The van der Waals surface area contributed by atoms with E-state index in [0.717, 1.165) is 80.2 Å². The molecule has 0 aromatic heterocycles. The molecule has 10 heteroatoms. The minimum absolute atomic E-state index is 0.147. The standard InChI is InChI=1S/C47H54N4O6/c1-26-17-28-29(20-48)42-43(30(21-49)37(26)28)55-35-18-33-38(31(40(35)56-42)22-50-9-13-52-14-10-50)47(24-44(33,3)4)25-45(5,6)34-19-36-41(54-27(2)46(7,8)57-36)32(39(34)47)23-51-11-15-53-16-12-51/h18-19,26-27H,9-17,22-25H2,1-8H3. The van der Waals surface area contributed by atoms with Crippen LogP contribution in [0.1, 0.15) is 130 Å². The number of ether oxygens (including phenoxy) is 6. The molecule has 10 nitrogen and oxygen atoms in total. The van der Waals surface area contributed by atoms with Crippen LogP contribution in [0.3, 0.4) is 0 Å². The SMILES string of the molecule is CC1Cc2c(C#N)c3c(c(C#N)c21)Oc1cc2c(c(CN4CCOCC4)c1O3)C1(CC2(C)C)CC(C)(C)c2cc3c(c(CN4CCOCC4)c21)OC(C)C(C)(C)O3. The maximum absolute atomic E-state index is 10.6.